The molecule has 0 aromatic heterocycles. The zero-order chi connectivity index (χ0) is 21.2. The van der Waals surface area contributed by atoms with E-state index in [1.807, 2.05) is 19.1 Å². The van der Waals surface area contributed by atoms with Crippen LogP contribution in [0.25, 0.3) is 4.91 Å². The number of methoxy groups -OCH3 is 1. The van der Waals surface area contributed by atoms with E-state index in [4.69, 9.17) is 4.74 Å². The molecule has 0 radical (unpaired) electrons. The van der Waals surface area contributed by atoms with Gasteiger partial charge in [0.05, 0.1) is 7.11 Å². The highest BCUT2D eigenvalue weighted by Crippen LogP contribution is 2.36. The number of nitrogens with zero attached hydrogens (tertiary/aromatic N) is 1. The molecular weight excluding hydrogens is 392 g/mol. The van der Waals surface area contributed by atoms with Gasteiger partial charge in [-0.25, -0.2) is 12.7 Å². The van der Waals surface area contributed by atoms with Gasteiger partial charge in [0.1, 0.15) is 17.2 Å². The second kappa shape index (κ2) is 8.08. The lowest BCUT2D eigenvalue weighted by molar-refractivity contribution is -0.126. The van der Waals surface area contributed by atoms with E-state index in [0.717, 1.165) is 5.56 Å². The van der Waals surface area contributed by atoms with E-state index in [0.29, 0.717) is 27.7 Å². The van der Waals surface area contributed by atoms with Gasteiger partial charge in [0.2, 0.25) is 5.91 Å². The quantitative estimate of drug-likeness (QED) is 0.785. The van der Waals surface area contributed by atoms with Crippen molar-refractivity contribution in [2.75, 3.05) is 19.0 Å². The molecule has 0 spiro atoms. The highest BCUT2D eigenvalue weighted by Gasteiger charge is 2.43. The molecule has 2 amide bonds. The number of para-hydroxylation sites is 1. The van der Waals surface area contributed by atoms with E-state index in [1.54, 1.807) is 36.4 Å². The van der Waals surface area contributed by atoms with Gasteiger partial charge in [0.15, 0.2) is 0 Å². The number of ether oxygens (including phenoxy) is 1. The van der Waals surface area contributed by atoms with Gasteiger partial charge in [-0.1, -0.05) is 25.1 Å². The van der Waals surface area contributed by atoms with Crippen LogP contribution in [0.3, 0.4) is 0 Å². The van der Waals surface area contributed by atoms with Crippen molar-refractivity contribution in [1.82, 2.24) is 4.31 Å². The Kier molecular flexibility index (Phi) is 5.74. The first-order chi connectivity index (χ1) is 13.8. The number of nitrogens with one attached hydrogen (secondary N) is 1. The van der Waals surface area contributed by atoms with Crippen LogP contribution >= 0.6 is 0 Å². The van der Waals surface area contributed by atoms with E-state index in [1.165, 1.54) is 14.0 Å². The molecule has 0 saturated heterocycles. The third-order valence-electron chi connectivity index (χ3n) is 4.75. The van der Waals surface area contributed by atoms with Crippen molar-refractivity contribution in [3.8, 4) is 5.75 Å². The van der Waals surface area contributed by atoms with Crippen LogP contribution in [0.2, 0.25) is 0 Å². The van der Waals surface area contributed by atoms with Gasteiger partial charge in [-0.15, -0.1) is 0 Å². The first kappa shape index (κ1) is 20.6. The zero-order valence-corrected chi connectivity index (χ0v) is 17.2. The Bertz CT molecular complexity index is 1090. The molecule has 1 aliphatic rings. The molecular formula is C21H22N2O5S. The number of hydrogen-bond donors (Lipinski definition) is 1. The molecule has 0 saturated carbocycles. The summed E-state index contributed by atoms with van der Waals surface area (Å²) in [4.78, 5) is 25.0. The molecule has 3 rings (SSSR count). The van der Waals surface area contributed by atoms with Gasteiger partial charge in [0, 0.05) is 11.3 Å². The molecule has 7 nitrogen and oxygen atoms in total. The van der Waals surface area contributed by atoms with Crippen molar-refractivity contribution in [1.29, 1.82) is 0 Å². The number of rotatable bonds is 6. The topological polar surface area (TPSA) is 92.8 Å². The molecule has 2 aromatic rings. The minimum Gasteiger partial charge on any atom is -0.497 e. The molecule has 1 N–H and O–H groups in total. The first-order valence-electron chi connectivity index (χ1n) is 9.09. The molecule has 152 valence electrons. The lowest BCUT2D eigenvalue weighted by Gasteiger charge is -2.17. The summed E-state index contributed by atoms with van der Waals surface area (Å²) in [6, 6.07) is 13.6. The largest absolute Gasteiger partial charge is 0.497 e. The highest BCUT2D eigenvalue weighted by atomic mass is 32.2. The fraction of sp³-hybridized carbons (Fsp3) is 0.238. The maximum Gasteiger partial charge on any atom is 0.268 e. The van der Waals surface area contributed by atoms with Crippen molar-refractivity contribution in [3.05, 3.63) is 65.2 Å². The second-order valence-corrected chi connectivity index (χ2v) is 8.36. The average Bonchev–Trinajstić information content (AvgIpc) is 2.87. The number of aryl methyl sites for hydroxylation is 1. The van der Waals surface area contributed by atoms with Crippen molar-refractivity contribution >= 4 is 32.4 Å². The molecule has 0 bridgehead atoms. The number of anilines is 1. The SMILES string of the molecule is CCc1ccccc1NC(=O)CN1C(=O)C(C)=C(c2ccc(OC)cc2)S1(=O)=O. The Hall–Kier alpha value is -3.13. The van der Waals surface area contributed by atoms with Crippen molar-refractivity contribution in [3.63, 3.8) is 0 Å². The summed E-state index contributed by atoms with van der Waals surface area (Å²) in [5, 5.41) is 2.70. The molecule has 1 aliphatic heterocycles. The summed E-state index contributed by atoms with van der Waals surface area (Å²) < 4.78 is 31.7. The monoisotopic (exact) mass is 414 g/mol. The summed E-state index contributed by atoms with van der Waals surface area (Å²) in [5.74, 6) is -0.708. The lowest BCUT2D eigenvalue weighted by atomic mass is 10.1. The Morgan fingerprint density at radius 3 is 2.38 bits per heavy atom. The first-order valence-corrected chi connectivity index (χ1v) is 10.5. The molecule has 29 heavy (non-hydrogen) atoms. The van der Waals surface area contributed by atoms with Gasteiger partial charge in [-0.05, 0) is 54.8 Å². The maximum absolute atomic E-state index is 13.0. The van der Waals surface area contributed by atoms with E-state index in [2.05, 4.69) is 5.32 Å². The fourth-order valence-electron chi connectivity index (χ4n) is 3.23. The van der Waals surface area contributed by atoms with Crippen LogP contribution in [-0.2, 0) is 26.0 Å². The summed E-state index contributed by atoms with van der Waals surface area (Å²) in [6.45, 7) is 2.81. The number of benzene rings is 2. The van der Waals surface area contributed by atoms with Gasteiger partial charge in [-0.2, -0.15) is 0 Å². The van der Waals surface area contributed by atoms with Crippen molar-refractivity contribution < 1.29 is 22.7 Å². The second-order valence-electron chi connectivity index (χ2n) is 6.56. The van der Waals surface area contributed by atoms with Crippen LogP contribution in [0, 0.1) is 0 Å². The smallest absolute Gasteiger partial charge is 0.268 e. The van der Waals surface area contributed by atoms with Gasteiger partial charge < -0.3 is 10.1 Å². The lowest BCUT2D eigenvalue weighted by Crippen LogP contribution is -2.38. The fourth-order valence-corrected chi connectivity index (χ4v) is 5.00. The number of amides is 2. The maximum atomic E-state index is 13.0. The molecule has 0 fully saturated rings. The normalized spacial score (nSPS) is 15.6. The number of hydrogen-bond acceptors (Lipinski definition) is 5. The highest BCUT2D eigenvalue weighted by molar-refractivity contribution is 7.99. The minimum atomic E-state index is -4.14. The number of sulfonamides is 1. The number of carbonyl (C=O) groups excluding carboxylic acids is 2. The van der Waals surface area contributed by atoms with Crippen LogP contribution in [0.5, 0.6) is 5.75 Å². The van der Waals surface area contributed by atoms with Gasteiger partial charge in [0.25, 0.3) is 15.9 Å². The third-order valence-corrected chi connectivity index (χ3v) is 6.68. The average molecular weight is 414 g/mol. The summed E-state index contributed by atoms with van der Waals surface area (Å²) in [6.07, 6.45) is 0.708. The van der Waals surface area contributed by atoms with Crippen LogP contribution in [0.15, 0.2) is 54.1 Å². The number of carbonyl (C=O) groups is 2. The van der Waals surface area contributed by atoms with E-state index in [-0.39, 0.29) is 10.5 Å². The summed E-state index contributed by atoms with van der Waals surface area (Å²) in [5.41, 5.74) is 1.97. The van der Waals surface area contributed by atoms with Crippen LogP contribution in [0.4, 0.5) is 5.69 Å². The van der Waals surface area contributed by atoms with E-state index >= 15 is 0 Å². The van der Waals surface area contributed by atoms with Crippen molar-refractivity contribution in [2.24, 2.45) is 0 Å². The Morgan fingerprint density at radius 2 is 1.76 bits per heavy atom. The Labute approximate surface area is 170 Å². The van der Waals surface area contributed by atoms with E-state index < -0.39 is 28.4 Å². The molecule has 2 aromatic carbocycles. The summed E-state index contributed by atoms with van der Waals surface area (Å²) >= 11 is 0. The van der Waals surface area contributed by atoms with Crippen LogP contribution in [-0.4, -0.2) is 38.2 Å². The Balaban J connectivity index is 1.84. The van der Waals surface area contributed by atoms with E-state index in [9.17, 15) is 18.0 Å². The predicted octanol–water partition coefficient (Wildman–Crippen LogP) is 2.80. The molecule has 0 atom stereocenters. The minimum absolute atomic E-state index is 0.0805. The zero-order valence-electron chi connectivity index (χ0n) is 16.4. The molecule has 1 heterocycles. The molecule has 0 aliphatic carbocycles. The van der Waals surface area contributed by atoms with Gasteiger partial charge in [-0.3, -0.25) is 9.59 Å². The van der Waals surface area contributed by atoms with Crippen LogP contribution in [0.1, 0.15) is 25.0 Å². The van der Waals surface area contributed by atoms with Gasteiger partial charge >= 0.3 is 0 Å². The predicted molar refractivity (Wildman–Crippen MR) is 111 cm³/mol. The van der Waals surface area contributed by atoms with Crippen molar-refractivity contribution in [2.45, 2.75) is 20.3 Å². The third kappa shape index (κ3) is 3.88. The molecule has 8 heteroatoms. The Morgan fingerprint density at radius 1 is 1.10 bits per heavy atom. The summed E-state index contributed by atoms with van der Waals surface area (Å²) in [7, 11) is -2.63. The molecule has 0 unspecified atom stereocenters. The standard InChI is InChI=1S/C21H22N2O5S/c1-4-15-7-5-6-8-18(15)22-19(24)13-23-21(25)14(2)20(29(23,26)27)16-9-11-17(28-3)12-10-16/h5-12H,4,13H2,1-3H3,(H,22,24). The van der Waals surface area contributed by atoms with Crippen LogP contribution < -0.4 is 10.1 Å².